The summed E-state index contributed by atoms with van der Waals surface area (Å²) in [5.41, 5.74) is 0.457. The van der Waals surface area contributed by atoms with Gasteiger partial charge in [0, 0.05) is 11.1 Å². The minimum Gasteiger partial charge on any atom is -0.493 e. The molecular weight excluding hydrogens is 298 g/mol. The molecule has 0 aliphatic heterocycles. The van der Waals surface area contributed by atoms with Crippen LogP contribution in [0.25, 0.3) is 0 Å². The van der Waals surface area contributed by atoms with E-state index in [1.807, 2.05) is 0 Å². The maximum Gasteiger partial charge on any atom is 0.273 e. The van der Waals surface area contributed by atoms with Crippen LogP contribution in [0.2, 0.25) is 5.02 Å². The Hall–Kier alpha value is -2.31. The fourth-order valence-electron chi connectivity index (χ4n) is 1.71. The number of aliphatic hydroxyl groups is 1. The van der Waals surface area contributed by atoms with Crippen molar-refractivity contribution in [2.75, 3.05) is 7.11 Å². The Labute approximate surface area is 125 Å². The van der Waals surface area contributed by atoms with Crippen LogP contribution in [-0.4, -0.2) is 17.1 Å². The number of hydrogen-bond donors (Lipinski definition) is 1. The molecule has 0 saturated heterocycles. The summed E-state index contributed by atoms with van der Waals surface area (Å²) in [6, 6.07) is 8.79. The summed E-state index contributed by atoms with van der Waals surface area (Å²) in [5, 5.41) is 20.2. The third-order valence-electron chi connectivity index (χ3n) is 2.78. The van der Waals surface area contributed by atoms with Gasteiger partial charge in [0.05, 0.1) is 24.7 Å². The molecule has 0 heterocycles. The standard InChI is InChI=1S/C14H12ClNO5/c1-20-13-5-3-10(16(18)19)6-14(13)21-11-4-2-9(8-17)12(15)7-11/h2-7,17H,8H2,1H3. The third kappa shape index (κ3) is 3.42. The molecule has 2 aromatic rings. The Morgan fingerprint density at radius 3 is 2.57 bits per heavy atom. The lowest BCUT2D eigenvalue weighted by atomic mass is 10.2. The lowest BCUT2D eigenvalue weighted by Crippen LogP contribution is -1.94. The van der Waals surface area contributed by atoms with Crippen LogP contribution in [0, 0.1) is 10.1 Å². The van der Waals surface area contributed by atoms with Gasteiger partial charge in [0.15, 0.2) is 11.5 Å². The van der Waals surface area contributed by atoms with E-state index in [4.69, 9.17) is 26.2 Å². The summed E-state index contributed by atoms with van der Waals surface area (Å²) < 4.78 is 10.7. The summed E-state index contributed by atoms with van der Waals surface area (Å²) in [5.74, 6) is 0.957. The number of rotatable bonds is 5. The molecule has 0 aromatic heterocycles. The van der Waals surface area contributed by atoms with Crippen molar-refractivity contribution in [3.8, 4) is 17.2 Å². The molecule has 0 unspecified atom stereocenters. The largest absolute Gasteiger partial charge is 0.493 e. The molecule has 1 N–H and O–H groups in total. The van der Waals surface area contributed by atoms with Gasteiger partial charge in [0.2, 0.25) is 0 Å². The van der Waals surface area contributed by atoms with Gasteiger partial charge in [-0.15, -0.1) is 0 Å². The lowest BCUT2D eigenvalue weighted by molar-refractivity contribution is -0.384. The maximum absolute atomic E-state index is 10.8. The normalized spacial score (nSPS) is 10.2. The van der Waals surface area contributed by atoms with Crippen LogP contribution in [0.4, 0.5) is 5.69 Å². The zero-order chi connectivity index (χ0) is 15.4. The van der Waals surface area contributed by atoms with Gasteiger partial charge >= 0.3 is 0 Å². The Bertz CT molecular complexity index is 674. The average molecular weight is 310 g/mol. The van der Waals surface area contributed by atoms with Crippen LogP contribution >= 0.6 is 11.6 Å². The van der Waals surface area contributed by atoms with Crippen LogP contribution in [0.15, 0.2) is 36.4 Å². The van der Waals surface area contributed by atoms with Crippen LogP contribution in [-0.2, 0) is 6.61 Å². The minimum absolute atomic E-state index is 0.108. The molecule has 0 bridgehead atoms. The highest BCUT2D eigenvalue weighted by Crippen LogP contribution is 2.35. The van der Waals surface area contributed by atoms with Crippen LogP contribution in [0.5, 0.6) is 17.2 Å². The second kappa shape index (κ2) is 6.43. The average Bonchev–Trinajstić information content (AvgIpc) is 2.47. The highest BCUT2D eigenvalue weighted by molar-refractivity contribution is 6.31. The number of benzene rings is 2. The first-order chi connectivity index (χ1) is 10.0. The van der Waals surface area contributed by atoms with Crippen molar-refractivity contribution < 1.29 is 19.5 Å². The van der Waals surface area contributed by atoms with Crippen molar-refractivity contribution in [2.45, 2.75) is 6.61 Å². The van der Waals surface area contributed by atoms with E-state index in [9.17, 15) is 10.1 Å². The van der Waals surface area contributed by atoms with Gasteiger partial charge in [-0.25, -0.2) is 0 Å². The maximum atomic E-state index is 10.8. The van der Waals surface area contributed by atoms with Crippen molar-refractivity contribution in [1.82, 2.24) is 0 Å². The molecule has 0 amide bonds. The number of nitro benzene ring substituents is 1. The molecular formula is C14H12ClNO5. The van der Waals surface area contributed by atoms with Gasteiger partial charge < -0.3 is 14.6 Å². The van der Waals surface area contributed by atoms with E-state index in [1.54, 1.807) is 12.1 Å². The zero-order valence-corrected chi connectivity index (χ0v) is 11.8. The Morgan fingerprint density at radius 1 is 1.24 bits per heavy atom. The molecule has 6 nitrogen and oxygen atoms in total. The molecule has 0 aliphatic carbocycles. The molecule has 0 atom stereocenters. The summed E-state index contributed by atoms with van der Waals surface area (Å²) in [4.78, 5) is 10.3. The summed E-state index contributed by atoms with van der Waals surface area (Å²) >= 11 is 5.97. The summed E-state index contributed by atoms with van der Waals surface area (Å²) in [6.07, 6.45) is 0. The van der Waals surface area contributed by atoms with Crippen molar-refractivity contribution in [3.05, 3.63) is 57.1 Å². The second-order valence-electron chi connectivity index (χ2n) is 4.11. The zero-order valence-electron chi connectivity index (χ0n) is 11.1. The first-order valence-electron chi connectivity index (χ1n) is 5.94. The van der Waals surface area contributed by atoms with Crippen LogP contribution < -0.4 is 9.47 Å². The highest BCUT2D eigenvalue weighted by Gasteiger charge is 2.13. The van der Waals surface area contributed by atoms with E-state index in [1.165, 1.54) is 31.4 Å². The Balaban J connectivity index is 2.35. The quantitative estimate of drug-likeness (QED) is 0.674. The van der Waals surface area contributed by atoms with E-state index in [2.05, 4.69) is 0 Å². The third-order valence-corrected chi connectivity index (χ3v) is 3.13. The molecule has 0 fully saturated rings. The summed E-state index contributed by atoms with van der Waals surface area (Å²) in [7, 11) is 1.44. The van der Waals surface area contributed by atoms with Gasteiger partial charge in [-0.05, 0) is 23.8 Å². The summed E-state index contributed by atoms with van der Waals surface area (Å²) in [6.45, 7) is -0.181. The molecule has 2 rings (SSSR count). The van der Waals surface area contributed by atoms with Gasteiger partial charge in [-0.3, -0.25) is 10.1 Å². The number of non-ortho nitro benzene ring substituents is 1. The van der Waals surface area contributed by atoms with E-state index in [0.29, 0.717) is 22.1 Å². The smallest absolute Gasteiger partial charge is 0.273 e. The van der Waals surface area contributed by atoms with Crippen LogP contribution in [0.1, 0.15) is 5.56 Å². The van der Waals surface area contributed by atoms with Gasteiger partial charge in [-0.1, -0.05) is 17.7 Å². The lowest BCUT2D eigenvalue weighted by Gasteiger charge is -2.11. The van der Waals surface area contributed by atoms with E-state index >= 15 is 0 Å². The molecule has 0 radical (unpaired) electrons. The fraction of sp³-hybridized carbons (Fsp3) is 0.143. The molecule has 21 heavy (non-hydrogen) atoms. The highest BCUT2D eigenvalue weighted by atomic mass is 35.5. The molecule has 0 spiro atoms. The van der Waals surface area contributed by atoms with Crippen molar-refractivity contribution in [2.24, 2.45) is 0 Å². The fourth-order valence-corrected chi connectivity index (χ4v) is 1.94. The van der Waals surface area contributed by atoms with Gasteiger partial charge in [-0.2, -0.15) is 0 Å². The predicted molar refractivity (Wildman–Crippen MR) is 77.1 cm³/mol. The van der Waals surface area contributed by atoms with Crippen molar-refractivity contribution >= 4 is 17.3 Å². The number of nitrogens with zero attached hydrogens (tertiary/aromatic N) is 1. The van der Waals surface area contributed by atoms with Gasteiger partial charge in [0.1, 0.15) is 5.75 Å². The number of hydrogen-bond acceptors (Lipinski definition) is 5. The van der Waals surface area contributed by atoms with Crippen molar-refractivity contribution in [1.29, 1.82) is 0 Å². The molecule has 7 heteroatoms. The second-order valence-corrected chi connectivity index (χ2v) is 4.51. The Kier molecular flexibility index (Phi) is 4.62. The topological polar surface area (TPSA) is 81.8 Å². The Morgan fingerprint density at radius 2 is 2.00 bits per heavy atom. The van der Waals surface area contributed by atoms with E-state index in [0.717, 1.165) is 0 Å². The van der Waals surface area contributed by atoms with E-state index in [-0.39, 0.29) is 18.0 Å². The van der Waals surface area contributed by atoms with Crippen molar-refractivity contribution in [3.63, 3.8) is 0 Å². The number of halogens is 1. The first kappa shape index (κ1) is 15.1. The van der Waals surface area contributed by atoms with E-state index < -0.39 is 4.92 Å². The monoisotopic (exact) mass is 309 g/mol. The SMILES string of the molecule is COc1ccc([N+](=O)[O-])cc1Oc1ccc(CO)c(Cl)c1. The minimum atomic E-state index is -0.520. The number of nitro groups is 1. The molecule has 0 saturated carbocycles. The van der Waals surface area contributed by atoms with Crippen LogP contribution in [0.3, 0.4) is 0 Å². The molecule has 0 aliphatic rings. The number of methoxy groups -OCH3 is 1. The van der Waals surface area contributed by atoms with Gasteiger partial charge in [0.25, 0.3) is 5.69 Å². The molecule has 2 aromatic carbocycles. The number of aliphatic hydroxyl groups excluding tert-OH is 1. The molecule has 110 valence electrons. The predicted octanol–water partition coefficient (Wildman–Crippen LogP) is 3.54. The number of ether oxygens (including phenoxy) is 2. The first-order valence-corrected chi connectivity index (χ1v) is 6.32.